The van der Waals surface area contributed by atoms with Crippen LogP contribution in [0.4, 0.5) is 5.69 Å². The van der Waals surface area contributed by atoms with Crippen LogP contribution in [0.5, 0.6) is 11.5 Å². The lowest BCUT2D eigenvalue weighted by Gasteiger charge is -2.34. The maximum Gasteiger partial charge on any atom is 0.262 e. The van der Waals surface area contributed by atoms with Gasteiger partial charge in [0.1, 0.15) is 17.3 Å². The fourth-order valence-electron chi connectivity index (χ4n) is 4.07. The van der Waals surface area contributed by atoms with Gasteiger partial charge in [-0.05, 0) is 42.5 Å². The van der Waals surface area contributed by atoms with Gasteiger partial charge in [0.2, 0.25) is 5.91 Å². The zero-order valence-corrected chi connectivity index (χ0v) is 19.9. The van der Waals surface area contributed by atoms with Gasteiger partial charge in [-0.15, -0.1) is 0 Å². The molecule has 0 spiro atoms. The first-order valence-electron chi connectivity index (χ1n) is 11.5. The van der Waals surface area contributed by atoms with Crippen LogP contribution >= 0.6 is 0 Å². The molecule has 9 nitrogen and oxygen atoms in total. The first-order chi connectivity index (χ1) is 16.5. The second-order valence-electron chi connectivity index (χ2n) is 8.31. The van der Waals surface area contributed by atoms with Crippen molar-refractivity contribution in [3.63, 3.8) is 0 Å². The number of piperazine rings is 1. The fraction of sp³-hybridized carbons (Fsp3) is 0.400. The predicted molar refractivity (Wildman–Crippen MR) is 130 cm³/mol. The van der Waals surface area contributed by atoms with Gasteiger partial charge in [0.25, 0.3) is 5.91 Å². The average molecular weight is 466 g/mol. The number of fused-ring (bicyclic) bond motifs is 1. The zero-order chi connectivity index (χ0) is 24.1. The van der Waals surface area contributed by atoms with Crippen LogP contribution in [0, 0.1) is 0 Å². The van der Waals surface area contributed by atoms with Crippen LogP contribution < -0.4 is 14.8 Å². The van der Waals surface area contributed by atoms with Crippen LogP contribution in [-0.2, 0) is 23.2 Å². The lowest BCUT2D eigenvalue weighted by atomic mass is 10.2. The van der Waals surface area contributed by atoms with Crippen molar-refractivity contribution >= 4 is 28.5 Å². The maximum absolute atomic E-state index is 12.4. The van der Waals surface area contributed by atoms with Crippen molar-refractivity contribution in [2.45, 2.75) is 19.9 Å². The van der Waals surface area contributed by atoms with Crippen LogP contribution in [-0.4, -0.2) is 71.1 Å². The quantitative estimate of drug-likeness (QED) is 0.550. The molecular formula is C25H31N5O4. The number of carbonyl (C=O) groups is 2. The minimum atomic E-state index is -0.245. The Morgan fingerprint density at radius 2 is 1.74 bits per heavy atom. The van der Waals surface area contributed by atoms with E-state index < -0.39 is 0 Å². The second kappa shape index (κ2) is 10.6. The number of aromatic nitrogens is 2. The van der Waals surface area contributed by atoms with Crippen molar-refractivity contribution in [3.8, 4) is 11.5 Å². The van der Waals surface area contributed by atoms with E-state index in [1.807, 2.05) is 37.1 Å². The Morgan fingerprint density at radius 3 is 2.41 bits per heavy atom. The van der Waals surface area contributed by atoms with Gasteiger partial charge < -0.3 is 24.3 Å². The second-order valence-corrected chi connectivity index (χ2v) is 8.31. The van der Waals surface area contributed by atoms with Crippen LogP contribution in [0.15, 0.2) is 42.5 Å². The van der Waals surface area contributed by atoms with E-state index >= 15 is 0 Å². The van der Waals surface area contributed by atoms with Crippen molar-refractivity contribution in [2.75, 3.05) is 45.2 Å². The number of aryl methyl sites for hydroxylation is 1. The minimum absolute atomic E-state index is 0.0929. The Labute approximate surface area is 199 Å². The first-order valence-corrected chi connectivity index (χ1v) is 11.5. The summed E-state index contributed by atoms with van der Waals surface area (Å²) in [7, 11) is 3.60. The van der Waals surface area contributed by atoms with E-state index in [2.05, 4.69) is 14.8 Å². The summed E-state index contributed by atoms with van der Waals surface area (Å²) >= 11 is 0. The molecule has 180 valence electrons. The monoisotopic (exact) mass is 465 g/mol. The summed E-state index contributed by atoms with van der Waals surface area (Å²) in [5.41, 5.74) is 2.50. The van der Waals surface area contributed by atoms with E-state index in [-0.39, 0.29) is 18.4 Å². The SMILES string of the molecule is CCC(=O)N1CCN(Cc2nc3cc(NC(=O)COc4ccc(OC)cc4)ccc3n2C)CC1. The molecule has 34 heavy (non-hydrogen) atoms. The zero-order valence-electron chi connectivity index (χ0n) is 19.9. The summed E-state index contributed by atoms with van der Waals surface area (Å²) in [5, 5.41) is 2.87. The molecule has 0 radical (unpaired) electrons. The number of imidazole rings is 1. The van der Waals surface area contributed by atoms with Crippen LogP contribution in [0.3, 0.4) is 0 Å². The number of anilines is 1. The molecule has 0 unspecified atom stereocenters. The van der Waals surface area contributed by atoms with E-state index in [0.717, 1.165) is 55.3 Å². The third kappa shape index (κ3) is 5.48. The molecular weight excluding hydrogens is 434 g/mol. The molecule has 1 aliphatic heterocycles. The van der Waals surface area contributed by atoms with E-state index in [0.29, 0.717) is 17.9 Å². The molecule has 2 amide bonds. The number of benzene rings is 2. The smallest absolute Gasteiger partial charge is 0.262 e. The Bertz CT molecular complexity index is 1150. The molecule has 0 aliphatic carbocycles. The van der Waals surface area contributed by atoms with Gasteiger partial charge in [-0.3, -0.25) is 14.5 Å². The Hall–Kier alpha value is -3.59. The average Bonchev–Trinajstić information content (AvgIpc) is 3.17. The fourth-order valence-corrected chi connectivity index (χ4v) is 4.07. The number of carbonyl (C=O) groups excluding carboxylic acids is 2. The van der Waals surface area contributed by atoms with Gasteiger partial charge in [-0.1, -0.05) is 6.92 Å². The highest BCUT2D eigenvalue weighted by Gasteiger charge is 2.21. The number of hydrogen-bond acceptors (Lipinski definition) is 6. The third-order valence-corrected chi connectivity index (χ3v) is 6.08. The number of rotatable bonds is 8. The van der Waals surface area contributed by atoms with Crippen molar-refractivity contribution in [1.29, 1.82) is 0 Å². The Balaban J connectivity index is 1.34. The summed E-state index contributed by atoms with van der Waals surface area (Å²) in [4.78, 5) is 33.3. The van der Waals surface area contributed by atoms with Crippen LogP contribution in [0.2, 0.25) is 0 Å². The summed E-state index contributed by atoms with van der Waals surface area (Å²) in [6, 6.07) is 12.8. The summed E-state index contributed by atoms with van der Waals surface area (Å²) in [5.74, 6) is 2.25. The Kier molecular flexibility index (Phi) is 7.32. The summed E-state index contributed by atoms with van der Waals surface area (Å²) < 4.78 is 12.7. The van der Waals surface area contributed by atoms with Crippen LogP contribution in [0.25, 0.3) is 11.0 Å². The van der Waals surface area contributed by atoms with Crippen molar-refractivity contribution in [3.05, 3.63) is 48.3 Å². The molecule has 0 saturated carbocycles. The summed E-state index contributed by atoms with van der Waals surface area (Å²) in [6.07, 6.45) is 0.553. The van der Waals surface area contributed by atoms with E-state index in [4.69, 9.17) is 14.5 Å². The predicted octanol–water partition coefficient (Wildman–Crippen LogP) is 2.65. The molecule has 1 N–H and O–H groups in total. The highest BCUT2D eigenvalue weighted by molar-refractivity contribution is 5.94. The summed E-state index contributed by atoms with van der Waals surface area (Å²) in [6.45, 7) is 5.71. The Morgan fingerprint density at radius 1 is 1.03 bits per heavy atom. The van der Waals surface area contributed by atoms with Gasteiger partial charge in [0.15, 0.2) is 6.61 Å². The van der Waals surface area contributed by atoms with Gasteiger partial charge in [0, 0.05) is 45.3 Å². The lowest BCUT2D eigenvalue weighted by Crippen LogP contribution is -2.48. The van der Waals surface area contributed by atoms with Crippen LogP contribution in [0.1, 0.15) is 19.2 Å². The molecule has 1 aliphatic rings. The number of ether oxygens (including phenoxy) is 2. The number of hydrogen-bond donors (Lipinski definition) is 1. The van der Waals surface area contributed by atoms with E-state index in [1.165, 1.54) is 0 Å². The topological polar surface area (TPSA) is 88.9 Å². The molecule has 0 atom stereocenters. The molecule has 1 aromatic heterocycles. The van der Waals surface area contributed by atoms with Gasteiger partial charge in [-0.2, -0.15) is 0 Å². The lowest BCUT2D eigenvalue weighted by molar-refractivity contribution is -0.132. The molecule has 9 heteroatoms. The molecule has 2 aromatic carbocycles. The first kappa shape index (κ1) is 23.6. The molecule has 3 aromatic rings. The number of nitrogens with one attached hydrogen (secondary N) is 1. The maximum atomic E-state index is 12.4. The molecule has 1 saturated heterocycles. The van der Waals surface area contributed by atoms with Gasteiger partial charge in [-0.25, -0.2) is 4.98 Å². The van der Waals surface area contributed by atoms with Crippen molar-refractivity contribution in [1.82, 2.24) is 19.4 Å². The van der Waals surface area contributed by atoms with Gasteiger partial charge >= 0.3 is 0 Å². The third-order valence-electron chi connectivity index (χ3n) is 6.08. The minimum Gasteiger partial charge on any atom is -0.497 e. The number of nitrogens with zero attached hydrogens (tertiary/aromatic N) is 4. The number of methoxy groups -OCH3 is 1. The van der Waals surface area contributed by atoms with Crippen molar-refractivity contribution in [2.24, 2.45) is 7.05 Å². The van der Waals surface area contributed by atoms with E-state index in [9.17, 15) is 9.59 Å². The normalized spacial score (nSPS) is 14.3. The highest BCUT2D eigenvalue weighted by Crippen LogP contribution is 2.21. The largest absolute Gasteiger partial charge is 0.497 e. The van der Waals surface area contributed by atoms with Crippen molar-refractivity contribution < 1.29 is 19.1 Å². The van der Waals surface area contributed by atoms with E-state index in [1.54, 1.807) is 31.4 Å². The number of amides is 2. The molecule has 0 bridgehead atoms. The van der Waals surface area contributed by atoms with Gasteiger partial charge in [0.05, 0.1) is 24.7 Å². The molecule has 2 heterocycles. The molecule has 1 fully saturated rings. The standard InChI is InChI=1S/C25H31N5O4/c1-4-25(32)30-13-11-29(12-14-30)16-23-27-21-15-18(5-10-22(21)28(23)2)26-24(31)17-34-20-8-6-19(33-3)7-9-20/h5-10,15H,4,11-14,16-17H2,1-3H3,(H,26,31). The molecule has 4 rings (SSSR count). The highest BCUT2D eigenvalue weighted by atomic mass is 16.5.